The van der Waals surface area contributed by atoms with E-state index < -0.39 is 0 Å². The summed E-state index contributed by atoms with van der Waals surface area (Å²) in [6.45, 7) is 4.32. The molecule has 1 aliphatic rings. The Kier molecular flexibility index (Phi) is 4.40. The molecule has 0 spiro atoms. The number of hydrazone groups is 1. The molecule has 0 saturated heterocycles. The number of amides is 1. The van der Waals surface area contributed by atoms with E-state index in [2.05, 4.69) is 41.4 Å². The van der Waals surface area contributed by atoms with Crippen LogP contribution in [0.2, 0.25) is 0 Å². The van der Waals surface area contributed by atoms with Gasteiger partial charge < -0.3 is 4.90 Å². The lowest BCUT2D eigenvalue weighted by molar-refractivity contribution is 0.0955. The Morgan fingerprint density at radius 2 is 1.84 bits per heavy atom. The molecule has 0 bridgehead atoms. The monoisotopic (exact) mass is 337 g/mol. The lowest BCUT2D eigenvalue weighted by Crippen LogP contribution is -2.23. The number of rotatable bonds is 3. The molecule has 0 aromatic heterocycles. The van der Waals surface area contributed by atoms with Crippen molar-refractivity contribution in [2.75, 3.05) is 11.9 Å². The zero-order valence-corrected chi connectivity index (χ0v) is 14.5. The number of allylic oxidation sites excluding steroid dienone is 2. The van der Waals surface area contributed by atoms with Crippen molar-refractivity contribution < 1.29 is 9.18 Å². The van der Waals surface area contributed by atoms with Gasteiger partial charge in [-0.15, -0.1) is 0 Å². The van der Waals surface area contributed by atoms with Gasteiger partial charge in [-0.2, -0.15) is 5.10 Å². The second-order valence-corrected chi connectivity index (χ2v) is 6.48. The van der Waals surface area contributed by atoms with Crippen molar-refractivity contribution in [3.63, 3.8) is 0 Å². The largest absolute Gasteiger partial charge is 0.347 e. The first-order chi connectivity index (χ1) is 11.9. The van der Waals surface area contributed by atoms with Crippen LogP contribution >= 0.6 is 0 Å². The summed E-state index contributed by atoms with van der Waals surface area (Å²) in [4.78, 5) is 14.1. The summed E-state index contributed by atoms with van der Waals surface area (Å²) in [5, 5.41) is 3.98. The number of nitrogens with one attached hydrogen (secondary N) is 1. The fourth-order valence-corrected chi connectivity index (χ4v) is 3.17. The summed E-state index contributed by atoms with van der Waals surface area (Å²) < 4.78 is 12.9. The minimum absolute atomic E-state index is 0.141. The minimum Gasteiger partial charge on any atom is -0.347 e. The molecule has 4 nitrogen and oxygen atoms in total. The molecule has 0 fully saturated rings. The van der Waals surface area contributed by atoms with Gasteiger partial charge in [-0.25, -0.2) is 9.82 Å². The van der Waals surface area contributed by atoms with Gasteiger partial charge in [0.05, 0.1) is 0 Å². The Bertz CT molecular complexity index is 853. The molecule has 1 amide bonds. The maximum atomic E-state index is 12.9. The summed E-state index contributed by atoms with van der Waals surface area (Å²) >= 11 is 0. The van der Waals surface area contributed by atoms with Crippen molar-refractivity contribution in [3.8, 4) is 0 Å². The summed E-state index contributed by atoms with van der Waals surface area (Å²) in [6, 6.07) is 13.6. The molecule has 0 aliphatic carbocycles. The molecule has 1 heterocycles. The highest BCUT2D eigenvalue weighted by molar-refractivity contribution is 5.94. The van der Waals surface area contributed by atoms with Crippen LogP contribution in [0.4, 0.5) is 10.1 Å². The average Bonchev–Trinajstić information content (AvgIpc) is 2.79. The van der Waals surface area contributed by atoms with Gasteiger partial charge in [0.2, 0.25) is 0 Å². The lowest BCUT2D eigenvalue weighted by Gasteiger charge is -2.23. The highest BCUT2D eigenvalue weighted by Gasteiger charge is 2.37. The van der Waals surface area contributed by atoms with Crippen LogP contribution in [0.3, 0.4) is 0 Å². The molecule has 128 valence electrons. The van der Waals surface area contributed by atoms with E-state index >= 15 is 0 Å². The third-order valence-corrected chi connectivity index (χ3v) is 4.52. The van der Waals surface area contributed by atoms with E-state index in [0.29, 0.717) is 5.56 Å². The van der Waals surface area contributed by atoms with Crippen LogP contribution in [0.25, 0.3) is 0 Å². The van der Waals surface area contributed by atoms with E-state index in [1.54, 1.807) is 6.21 Å². The zero-order chi connectivity index (χ0) is 18.0. The second kappa shape index (κ2) is 6.51. The number of anilines is 1. The number of carbonyl (C=O) groups is 1. The van der Waals surface area contributed by atoms with E-state index in [-0.39, 0.29) is 17.1 Å². The predicted molar refractivity (Wildman–Crippen MR) is 98.3 cm³/mol. The maximum absolute atomic E-state index is 12.9. The van der Waals surface area contributed by atoms with Crippen LogP contribution in [0.15, 0.2) is 65.4 Å². The van der Waals surface area contributed by atoms with Crippen LogP contribution in [0, 0.1) is 5.82 Å². The Balaban J connectivity index is 1.73. The smallest absolute Gasteiger partial charge is 0.271 e. The molecular weight excluding hydrogens is 317 g/mol. The Hall–Kier alpha value is -2.95. The van der Waals surface area contributed by atoms with Crippen molar-refractivity contribution in [1.29, 1.82) is 0 Å². The van der Waals surface area contributed by atoms with Crippen LogP contribution in [-0.2, 0) is 5.41 Å². The van der Waals surface area contributed by atoms with Crippen molar-refractivity contribution in [2.45, 2.75) is 19.3 Å². The fraction of sp³-hybridized carbons (Fsp3) is 0.200. The van der Waals surface area contributed by atoms with Gasteiger partial charge in [-0.3, -0.25) is 4.79 Å². The molecule has 1 aliphatic heterocycles. The molecule has 1 N–H and O–H groups in total. The van der Waals surface area contributed by atoms with E-state index in [1.165, 1.54) is 35.5 Å². The molecule has 0 unspecified atom stereocenters. The van der Waals surface area contributed by atoms with E-state index in [1.807, 2.05) is 25.3 Å². The van der Waals surface area contributed by atoms with Crippen LogP contribution < -0.4 is 10.3 Å². The first kappa shape index (κ1) is 16.9. The van der Waals surface area contributed by atoms with Crippen molar-refractivity contribution in [2.24, 2.45) is 5.10 Å². The third kappa shape index (κ3) is 3.18. The molecule has 0 saturated carbocycles. The highest BCUT2D eigenvalue weighted by atomic mass is 19.1. The van der Waals surface area contributed by atoms with Gasteiger partial charge in [0.15, 0.2) is 0 Å². The van der Waals surface area contributed by atoms with Crippen LogP contribution in [-0.4, -0.2) is 19.2 Å². The fourth-order valence-electron chi connectivity index (χ4n) is 3.17. The Morgan fingerprint density at radius 1 is 1.16 bits per heavy atom. The standard InChI is InChI=1S/C20H20FN3O/c1-20(2)16-6-4-5-7-17(16)24(3)18(20)12-13-22-23-19(25)14-8-10-15(21)11-9-14/h4-13H,1-3H3,(H,23,25)/b18-12-,22-13-. The van der Waals surface area contributed by atoms with E-state index in [9.17, 15) is 9.18 Å². The summed E-state index contributed by atoms with van der Waals surface area (Å²) in [7, 11) is 2.02. The lowest BCUT2D eigenvalue weighted by atomic mass is 9.84. The molecule has 3 rings (SSSR count). The van der Waals surface area contributed by atoms with Gasteiger partial charge in [0, 0.05) is 35.6 Å². The topological polar surface area (TPSA) is 44.7 Å². The number of halogens is 1. The summed E-state index contributed by atoms with van der Waals surface area (Å²) in [5.41, 5.74) is 6.19. The van der Waals surface area contributed by atoms with Gasteiger partial charge >= 0.3 is 0 Å². The Labute approximate surface area is 146 Å². The highest BCUT2D eigenvalue weighted by Crippen LogP contribution is 2.46. The quantitative estimate of drug-likeness (QED) is 0.683. The SMILES string of the molecule is CN1/C(=C\C=N/NC(=O)c2ccc(F)cc2)C(C)(C)c2ccccc21. The first-order valence-corrected chi connectivity index (χ1v) is 8.04. The van der Waals surface area contributed by atoms with E-state index in [0.717, 1.165) is 5.70 Å². The molecule has 2 aromatic rings. The number of para-hydroxylation sites is 1. The van der Waals surface area contributed by atoms with Crippen molar-refractivity contribution in [3.05, 3.63) is 77.2 Å². The van der Waals surface area contributed by atoms with Gasteiger partial charge in [-0.05, 0) is 42.0 Å². The second-order valence-electron chi connectivity index (χ2n) is 6.48. The molecule has 0 atom stereocenters. The molecule has 25 heavy (non-hydrogen) atoms. The molecular formula is C20H20FN3O. The van der Waals surface area contributed by atoms with E-state index in [4.69, 9.17) is 0 Å². The number of likely N-dealkylation sites (N-methyl/N-ethyl adjacent to an activating group) is 1. The number of carbonyl (C=O) groups excluding carboxylic acids is 1. The van der Waals surface area contributed by atoms with Crippen LogP contribution in [0.5, 0.6) is 0 Å². The van der Waals surface area contributed by atoms with Gasteiger partial charge in [0.25, 0.3) is 5.91 Å². The third-order valence-electron chi connectivity index (χ3n) is 4.52. The molecule has 0 radical (unpaired) electrons. The number of benzene rings is 2. The van der Waals surface area contributed by atoms with Crippen molar-refractivity contribution in [1.82, 2.24) is 5.43 Å². The molecule has 2 aromatic carbocycles. The van der Waals surface area contributed by atoms with Gasteiger partial charge in [0.1, 0.15) is 5.82 Å². The number of nitrogens with zero attached hydrogens (tertiary/aromatic N) is 2. The summed E-state index contributed by atoms with van der Waals surface area (Å²) in [6.07, 6.45) is 3.46. The zero-order valence-electron chi connectivity index (χ0n) is 14.5. The normalized spacial score (nSPS) is 17.1. The maximum Gasteiger partial charge on any atom is 0.271 e. The predicted octanol–water partition coefficient (Wildman–Crippen LogP) is 3.85. The van der Waals surface area contributed by atoms with Crippen LogP contribution in [0.1, 0.15) is 29.8 Å². The number of hydrogen-bond donors (Lipinski definition) is 1. The minimum atomic E-state index is -0.379. The number of fused-ring (bicyclic) bond motifs is 1. The summed E-state index contributed by atoms with van der Waals surface area (Å²) in [5.74, 6) is -0.757. The molecule has 5 heteroatoms. The Morgan fingerprint density at radius 3 is 2.52 bits per heavy atom. The van der Waals surface area contributed by atoms with Crippen molar-refractivity contribution >= 4 is 17.8 Å². The first-order valence-electron chi connectivity index (χ1n) is 8.04. The number of hydrogen-bond acceptors (Lipinski definition) is 3. The van der Waals surface area contributed by atoms with Gasteiger partial charge in [-0.1, -0.05) is 32.0 Å². The average molecular weight is 337 g/mol.